The van der Waals surface area contributed by atoms with Crippen LogP contribution in [0.1, 0.15) is 26.2 Å². The van der Waals surface area contributed by atoms with Gasteiger partial charge >= 0.3 is 5.82 Å². The molecular formula is C12H20N4O4. The summed E-state index contributed by atoms with van der Waals surface area (Å²) in [6, 6.07) is 0. The zero-order chi connectivity index (χ0) is 15.0. The fraction of sp³-hybridized carbons (Fsp3) is 0.667. The number of nitro groups is 1. The molecule has 1 atom stereocenters. The number of rotatable bonds is 9. The van der Waals surface area contributed by atoms with Gasteiger partial charge < -0.3 is 25.1 Å². The van der Waals surface area contributed by atoms with Gasteiger partial charge in [-0.25, -0.2) is 0 Å². The Morgan fingerprint density at radius 1 is 1.65 bits per heavy atom. The van der Waals surface area contributed by atoms with Crippen molar-refractivity contribution in [3.05, 3.63) is 22.6 Å². The lowest BCUT2D eigenvalue weighted by Gasteiger charge is -2.14. The van der Waals surface area contributed by atoms with E-state index in [1.54, 1.807) is 0 Å². The predicted molar refractivity (Wildman–Crippen MR) is 72.0 cm³/mol. The maximum absolute atomic E-state index is 11.6. The van der Waals surface area contributed by atoms with Crippen LogP contribution in [0.5, 0.6) is 0 Å². The van der Waals surface area contributed by atoms with Crippen molar-refractivity contribution in [2.24, 2.45) is 5.92 Å². The van der Waals surface area contributed by atoms with Gasteiger partial charge in [-0.3, -0.25) is 4.79 Å². The monoisotopic (exact) mass is 284 g/mol. The molecule has 8 nitrogen and oxygen atoms in total. The molecule has 0 spiro atoms. The molecule has 1 aromatic rings. The van der Waals surface area contributed by atoms with Crippen molar-refractivity contribution in [1.82, 2.24) is 14.9 Å². The second-order valence-corrected chi connectivity index (χ2v) is 4.57. The van der Waals surface area contributed by atoms with E-state index >= 15 is 0 Å². The molecule has 0 bridgehead atoms. The van der Waals surface area contributed by atoms with Crippen molar-refractivity contribution in [2.75, 3.05) is 13.2 Å². The van der Waals surface area contributed by atoms with Crippen molar-refractivity contribution < 1.29 is 14.8 Å². The molecule has 20 heavy (non-hydrogen) atoms. The number of aliphatic hydroxyl groups excluding tert-OH is 1. The first kappa shape index (κ1) is 16.1. The molecular weight excluding hydrogens is 264 g/mol. The van der Waals surface area contributed by atoms with E-state index in [2.05, 4.69) is 10.3 Å². The molecule has 8 heteroatoms. The molecule has 0 fully saturated rings. The van der Waals surface area contributed by atoms with Crippen LogP contribution < -0.4 is 5.32 Å². The Kier molecular flexibility index (Phi) is 6.65. The first-order chi connectivity index (χ1) is 9.56. The topological polar surface area (TPSA) is 110 Å². The molecule has 1 aromatic heterocycles. The van der Waals surface area contributed by atoms with Crippen molar-refractivity contribution in [3.63, 3.8) is 0 Å². The van der Waals surface area contributed by atoms with E-state index in [1.165, 1.54) is 17.1 Å². The summed E-state index contributed by atoms with van der Waals surface area (Å²) >= 11 is 0. The Morgan fingerprint density at radius 2 is 2.40 bits per heavy atom. The van der Waals surface area contributed by atoms with E-state index < -0.39 is 4.92 Å². The Hall–Kier alpha value is -1.96. The molecule has 0 saturated heterocycles. The SMILES string of the molecule is CCC(CCO)CNC(=O)CCn1cnc([N+](=O)[O-])c1. The number of nitrogens with zero attached hydrogens (tertiary/aromatic N) is 3. The number of aliphatic hydroxyl groups is 1. The summed E-state index contributed by atoms with van der Waals surface area (Å²) < 4.78 is 1.52. The third-order valence-electron chi connectivity index (χ3n) is 3.11. The molecule has 1 rings (SSSR count). The van der Waals surface area contributed by atoms with Gasteiger partial charge in [0.05, 0.1) is 0 Å². The number of aromatic nitrogens is 2. The lowest BCUT2D eigenvalue weighted by Crippen LogP contribution is -2.30. The Bertz CT molecular complexity index is 446. The molecule has 112 valence electrons. The van der Waals surface area contributed by atoms with Gasteiger partial charge in [-0.05, 0) is 22.2 Å². The van der Waals surface area contributed by atoms with Crippen molar-refractivity contribution >= 4 is 11.7 Å². The van der Waals surface area contributed by atoms with E-state index in [4.69, 9.17) is 5.11 Å². The predicted octanol–water partition coefficient (Wildman–Crippen LogP) is 0.706. The number of carbonyl (C=O) groups excluding carboxylic acids is 1. The minimum absolute atomic E-state index is 0.113. The average molecular weight is 284 g/mol. The average Bonchev–Trinajstić information content (AvgIpc) is 2.90. The van der Waals surface area contributed by atoms with Gasteiger partial charge in [0.15, 0.2) is 0 Å². The zero-order valence-electron chi connectivity index (χ0n) is 11.5. The summed E-state index contributed by atoms with van der Waals surface area (Å²) in [5.74, 6) is -0.0598. The molecule has 1 unspecified atom stereocenters. The second-order valence-electron chi connectivity index (χ2n) is 4.57. The van der Waals surface area contributed by atoms with Gasteiger partial charge in [-0.1, -0.05) is 13.3 Å². The van der Waals surface area contributed by atoms with E-state index in [1.807, 2.05) is 6.92 Å². The Balaban J connectivity index is 2.30. The van der Waals surface area contributed by atoms with Gasteiger partial charge in [0, 0.05) is 26.1 Å². The number of hydrogen-bond acceptors (Lipinski definition) is 5. The quantitative estimate of drug-likeness (QED) is 0.512. The normalized spacial score (nSPS) is 12.1. The zero-order valence-corrected chi connectivity index (χ0v) is 11.5. The molecule has 0 aromatic carbocycles. The number of amides is 1. The second kappa shape index (κ2) is 8.26. The fourth-order valence-electron chi connectivity index (χ4n) is 1.78. The number of imidazole rings is 1. The van der Waals surface area contributed by atoms with Crippen LogP contribution in [-0.4, -0.2) is 38.6 Å². The van der Waals surface area contributed by atoms with Crippen LogP contribution in [0.2, 0.25) is 0 Å². The molecule has 0 saturated carbocycles. The molecule has 0 aliphatic rings. The summed E-state index contributed by atoms with van der Waals surface area (Å²) in [7, 11) is 0. The highest BCUT2D eigenvalue weighted by Crippen LogP contribution is 2.07. The highest BCUT2D eigenvalue weighted by molar-refractivity contribution is 5.75. The molecule has 1 heterocycles. The van der Waals surface area contributed by atoms with Crippen LogP contribution in [0.3, 0.4) is 0 Å². The number of carbonyl (C=O) groups is 1. The fourth-order valence-corrected chi connectivity index (χ4v) is 1.78. The minimum Gasteiger partial charge on any atom is -0.396 e. The molecule has 0 aliphatic heterocycles. The summed E-state index contributed by atoms with van der Waals surface area (Å²) in [4.78, 5) is 25.1. The maximum atomic E-state index is 11.6. The maximum Gasteiger partial charge on any atom is 0.381 e. The molecule has 0 aliphatic carbocycles. The Labute approximate surface area is 117 Å². The summed E-state index contributed by atoms with van der Waals surface area (Å²) in [6.45, 7) is 3.02. The first-order valence-electron chi connectivity index (χ1n) is 6.60. The van der Waals surface area contributed by atoms with Gasteiger partial charge in [0.2, 0.25) is 12.2 Å². The van der Waals surface area contributed by atoms with Gasteiger partial charge in [-0.2, -0.15) is 0 Å². The lowest BCUT2D eigenvalue weighted by molar-refractivity contribution is -0.389. The standard InChI is InChI=1S/C12H20N4O4/c1-2-10(4-6-17)7-13-12(18)3-5-15-8-11(14-9-15)16(19)20/h8-10,17H,2-7H2,1H3,(H,13,18). The summed E-state index contributed by atoms with van der Waals surface area (Å²) in [5.41, 5.74) is 0. The number of nitrogens with one attached hydrogen (secondary N) is 1. The highest BCUT2D eigenvalue weighted by atomic mass is 16.6. The van der Waals surface area contributed by atoms with Crippen LogP contribution in [0.25, 0.3) is 0 Å². The van der Waals surface area contributed by atoms with E-state index in [9.17, 15) is 14.9 Å². The smallest absolute Gasteiger partial charge is 0.381 e. The number of aryl methyl sites for hydroxylation is 1. The van der Waals surface area contributed by atoms with E-state index in [0.717, 1.165) is 6.42 Å². The van der Waals surface area contributed by atoms with Gasteiger partial charge in [0.25, 0.3) is 0 Å². The van der Waals surface area contributed by atoms with Gasteiger partial charge in [-0.15, -0.1) is 0 Å². The van der Waals surface area contributed by atoms with Crippen molar-refractivity contribution in [3.8, 4) is 0 Å². The Morgan fingerprint density at radius 3 is 2.95 bits per heavy atom. The highest BCUT2D eigenvalue weighted by Gasteiger charge is 2.11. The van der Waals surface area contributed by atoms with Crippen LogP contribution in [-0.2, 0) is 11.3 Å². The minimum atomic E-state index is -0.572. The van der Waals surface area contributed by atoms with Crippen LogP contribution in [0.4, 0.5) is 5.82 Å². The summed E-state index contributed by atoms with van der Waals surface area (Å²) in [5, 5.41) is 22.1. The third-order valence-corrected chi connectivity index (χ3v) is 3.11. The lowest BCUT2D eigenvalue weighted by atomic mass is 10.0. The number of hydrogen-bond donors (Lipinski definition) is 2. The van der Waals surface area contributed by atoms with E-state index in [-0.39, 0.29) is 30.7 Å². The molecule has 2 N–H and O–H groups in total. The van der Waals surface area contributed by atoms with Crippen LogP contribution in [0, 0.1) is 16.0 Å². The van der Waals surface area contributed by atoms with Gasteiger partial charge in [0.1, 0.15) is 6.20 Å². The third kappa shape index (κ3) is 5.35. The molecule has 1 amide bonds. The van der Waals surface area contributed by atoms with E-state index in [0.29, 0.717) is 19.5 Å². The van der Waals surface area contributed by atoms with Crippen LogP contribution >= 0.6 is 0 Å². The summed E-state index contributed by atoms with van der Waals surface area (Å²) in [6.07, 6.45) is 4.45. The van der Waals surface area contributed by atoms with Crippen molar-refractivity contribution in [1.29, 1.82) is 0 Å². The van der Waals surface area contributed by atoms with Crippen molar-refractivity contribution in [2.45, 2.75) is 32.7 Å². The van der Waals surface area contributed by atoms with Crippen LogP contribution in [0.15, 0.2) is 12.5 Å². The molecule has 0 radical (unpaired) electrons. The largest absolute Gasteiger partial charge is 0.396 e. The first-order valence-corrected chi connectivity index (χ1v) is 6.60.